The first-order valence-electron chi connectivity index (χ1n) is 8.68. The van der Waals surface area contributed by atoms with Crippen LogP contribution in [0.1, 0.15) is 31.2 Å². The second-order valence-corrected chi connectivity index (χ2v) is 8.76. The number of nitrogens with zero attached hydrogens (tertiary/aromatic N) is 1. The molecule has 0 aliphatic carbocycles. The van der Waals surface area contributed by atoms with Gasteiger partial charge in [-0.25, -0.2) is 8.42 Å². The van der Waals surface area contributed by atoms with Crippen molar-refractivity contribution in [3.63, 3.8) is 0 Å². The number of hydrogen-bond acceptors (Lipinski definition) is 4. The van der Waals surface area contributed by atoms with Crippen molar-refractivity contribution in [2.45, 2.75) is 43.1 Å². The van der Waals surface area contributed by atoms with Gasteiger partial charge in [0.2, 0.25) is 10.0 Å². The van der Waals surface area contributed by atoms with E-state index in [2.05, 4.69) is 0 Å². The Labute approximate surface area is 145 Å². The molecule has 0 unspecified atom stereocenters. The van der Waals surface area contributed by atoms with Crippen LogP contribution in [0.4, 0.5) is 0 Å². The quantitative estimate of drug-likeness (QED) is 0.816. The van der Waals surface area contributed by atoms with E-state index in [4.69, 9.17) is 9.47 Å². The maximum Gasteiger partial charge on any atom is 0.243 e. The van der Waals surface area contributed by atoms with Gasteiger partial charge in [-0.15, -0.1) is 0 Å². The molecular formula is C18H27NO4S. The van der Waals surface area contributed by atoms with Gasteiger partial charge in [0.05, 0.1) is 10.5 Å². The molecule has 0 N–H and O–H groups in total. The van der Waals surface area contributed by atoms with Gasteiger partial charge >= 0.3 is 0 Å². The topological polar surface area (TPSA) is 55.8 Å². The lowest BCUT2D eigenvalue weighted by atomic mass is 9.78. The molecule has 0 saturated carbocycles. The van der Waals surface area contributed by atoms with Gasteiger partial charge in [0, 0.05) is 33.4 Å². The number of piperidine rings is 1. The molecule has 2 aliphatic heterocycles. The Morgan fingerprint density at radius 3 is 2.67 bits per heavy atom. The largest absolute Gasteiger partial charge is 0.385 e. The first-order chi connectivity index (χ1) is 11.5. The van der Waals surface area contributed by atoms with Crippen LogP contribution in [0.3, 0.4) is 0 Å². The molecule has 0 amide bonds. The summed E-state index contributed by atoms with van der Waals surface area (Å²) in [6, 6.07) is 7.19. The average molecular weight is 353 g/mol. The summed E-state index contributed by atoms with van der Waals surface area (Å²) in [6.45, 7) is 4.42. The zero-order chi connectivity index (χ0) is 17.2. The van der Waals surface area contributed by atoms with E-state index in [0.29, 0.717) is 23.9 Å². The Kier molecular flexibility index (Phi) is 5.30. The summed E-state index contributed by atoms with van der Waals surface area (Å²) < 4.78 is 38.8. The Bertz CT molecular complexity index is 665. The van der Waals surface area contributed by atoms with E-state index < -0.39 is 10.0 Å². The van der Waals surface area contributed by atoms with Crippen LogP contribution < -0.4 is 0 Å². The van der Waals surface area contributed by atoms with Crippen LogP contribution in [0.2, 0.25) is 0 Å². The molecule has 3 rings (SSSR count). The van der Waals surface area contributed by atoms with E-state index >= 15 is 0 Å². The number of hydrogen-bond donors (Lipinski definition) is 0. The fourth-order valence-electron chi connectivity index (χ4n) is 4.10. The number of rotatable bonds is 5. The van der Waals surface area contributed by atoms with Crippen LogP contribution in [0.5, 0.6) is 0 Å². The monoisotopic (exact) mass is 353 g/mol. The normalized spacial score (nSPS) is 24.5. The van der Waals surface area contributed by atoms with Gasteiger partial charge < -0.3 is 9.47 Å². The summed E-state index contributed by atoms with van der Waals surface area (Å²) in [5.74, 6) is 0.473. The van der Waals surface area contributed by atoms with Crippen molar-refractivity contribution >= 4 is 10.0 Å². The van der Waals surface area contributed by atoms with Crippen LogP contribution >= 0.6 is 0 Å². The average Bonchev–Trinajstić information content (AvgIpc) is 2.95. The first-order valence-corrected chi connectivity index (χ1v) is 10.1. The maximum atomic E-state index is 12.9. The van der Waals surface area contributed by atoms with Crippen LogP contribution in [0.15, 0.2) is 29.2 Å². The zero-order valence-corrected chi connectivity index (χ0v) is 15.3. The second kappa shape index (κ2) is 7.12. The van der Waals surface area contributed by atoms with Gasteiger partial charge in [-0.05, 0) is 50.2 Å². The third-order valence-corrected chi connectivity index (χ3v) is 7.61. The number of sulfonamides is 1. The van der Waals surface area contributed by atoms with E-state index in [9.17, 15) is 8.42 Å². The number of methoxy groups -OCH3 is 1. The minimum atomic E-state index is -3.42. The number of ether oxygens (including phenoxy) is 2. The molecular weight excluding hydrogens is 326 g/mol. The molecule has 1 spiro atoms. The van der Waals surface area contributed by atoms with E-state index in [0.717, 1.165) is 44.5 Å². The van der Waals surface area contributed by atoms with Crippen LogP contribution in [-0.4, -0.2) is 51.7 Å². The first kappa shape index (κ1) is 17.9. The van der Waals surface area contributed by atoms with E-state index in [1.54, 1.807) is 23.5 Å². The Morgan fingerprint density at radius 1 is 1.29 bits per heavy atom. The molecule has 6 heteroatoms. The van der Waals surface area contributed by atoms with E-state index in [1.165, 1.54) is 0 Å². The van der Waals surface area contributed by atoms with Crippen molar-refractivity contribution in [2.24, 2.45) is 5.92 Å². The molecule has 5 nitrogen and oxygen atoms in total. The van der Waals surface area contributed by atoms with E-state index in [1.807, 2.05) is 19.1 Å². The molecule has 2 aliphatic rings. The minimum absolute atomic E-state index is 0.156. The van der Waals surface area contributed by atoms with Crippen molar-refractivity contribution in [3.05, 3.63) is 29.8 Å². The fraction of sp³-hybridized carbons (Fsp3) is 0.667. The van der Waals surface area contributed by atoms with Crippen LogP contribution in [0, 0.1) is 12.8 Å². The third kappa shape index (κ3) is 3.25. The Morgan fingerprint density at radius 2 is 2.00 bits per heavy atom. The lowest BCUT2D eigenvalue weighted by Crippen LogP contribution is -2.49. The van der Waals surface area contributed by atoms with Gasteiger partial charge in [0.25, 0.3) is 0 Å². The highest BCUT2D eigenvalue weighted by Crippen LogP contribution is 2.43. The lowest BCUT2D eigenvalue weighted by molar-refractivity contribution is -0.0603. The standard InChI is InChI=1S/C18H27NO4S/c1-15-5-3-4-6-17(15)24(20,21)19-11-9-18(10-12-19)16(7-13-22-2)8-14-23-18/h3-6,16H,7-14H2,1-2H3/t16-/m1/s1. The molecule has 0 bridgehead atoms. The number of benzene rings is 1. The highest BCUT2D eigenvalue weighted by molar-refractivity contribution is 7.89. The fourth-order valence-corrected chi connectivity index (χ4v) is 5.76. The number of aryl methyl sites for hydroxylation is 1. The van der Waals surface area contributed by atoms with Gasteiger partial charge in [-0.3, -0.25) is 0 Å². The van der Waals surface area contributed by atoms with Crippen molar-refractivity contribution in [2.75, 3.05) is 33.4 Å². The second-order valence-electron chi connectivity index (χ2n) is 6.85. The maximum absolute atomic E-state index is 12.9. The van der Waals surface area contributed by atoms with E-state index in [-0.39, 0.29) is 5.60 Å². The smallest absolute Gasteiger partial charge is 0.243 e. The summed E-state index contributed by atoms with van der Waals surface area (Å²) in [4.78, 5) is 0.421. The van der Waals surface area contributed by atoms with Crippen molar-refractivity contribution in [1.82, 2.24) is 4.31 Å². The molecule has 1 aromatic rings. The third-order valence-electron chi connectivity index (χ3n) is 5.55. The molecule has 24 heavy (non-hydrogen) atoms. The van der Waals surface area contributed by atoms with Gasteiger partial charge in [-0.1, -0.05) is 18.2 Å². The van der Waals surface area contributed by atoms with Crippen molar-refractivity contribution in [3.8, 4) is 0 Å². The molecule has 0 aromatic heterocycles. The van der Waals surface area contributed by atoms with Gasteiger partial charge in [-0.2, -0.15) is 4.31 Å². The van der Waals surface area contributed by atoms with Crippen LogP contribution in [0.25, 0.3) is 0 Å². The lowest BCUT2D eigenvalue weighted by Gasteiger charge is -2.41. The van der Waals surface area contributed by atoms with Crippen LogP contribution in [-0.2, 0) is 19.5 Å². The predicted octanol–water partition coefficient (Wildman–Crippen LogP) is 2.59. The molecule has 134 valence electrons. The molecule has 2 saturated heterocycles. The van der Waals surface area contributed by atoms with Crippen molar-refractivity contribution < 1.29 is 17.9 Å². The van der Waals surface area contributed by atoms with Crippen molar-refractivity contribution in [1.29, 1.82) is 0 Å². The highest BCUT2D eigenvalue weighted by atomic mass is 32.2. The summed E-state index contributed by atoms with van der Waals surface area (Å²) in [5.41, 5.74) is 0.642. The Hall–Kier alpha value is -0.950. The summed E-state index contributed by atoms with van der Waals surface area (Å²) in [7, 11) is -1.70. The molecule has 0 radical (unpaired) electrons. The summed E-state index contributed by atoms with van der Waals surface area (Å²) in [5, 5.41) is 0. The molecule has 2 fully saturated rings. The minimum Gasteiger partial charge on any atom is -0.385 e. The highest BCUT2D eigenvalue weighted by Gasteiger charge is 2.47. The Balaban J connectivity index is 1.72. The zero-order valence-electron chi connectivity index (χ0n) is 14.5. The molecule has 1 atom stereocenters. The van der Waals surface area contributed by atoms with Gasteiger partial charge in [0.15, 0.2) is 0 Å². The summed E-state index contributed by atoms with van der Waals surface area (Å²) >= 11 is 0. The summed E-state index contributed by atoms with van der Waals surface area (Å²) in [6.07, 6.45) is 3.58. The predicted molar refractivity (Wildman–Crippen MR) is 92.5 cm³/mol. The SMILES string of the molecule is COCC[C@@H]1CCOC12CCN(S(=O)(=O)c1ccccc1C)CC2. The molecule has 2 heterocycles. The molecule has 1 aromatic carbocycles. The van der Waals surface area contributed by atoms with Gasteiger partial charge in [0.1, 0.15) is 0 Å².